The molecule has 0 spiro atoms. The number of ether oxygens (including phenoxy) is 1. The fourth-order valence-corrected chi connectivity index (χ4v) is 3.28. The highest BCUT2D eigenvalue weighted by molar-refractivity contribution is 7.13. The molecule has 0 saturated heterocycles. The van der Waals surface area contributed by atoms with Crippen molar-refractivity contribution in [3.8, 4) is 5.06 Å². The van der Waals surface area contributed by atoms with Gasteiger partial charge in [-0.05, 0) is 43.7 Å². The zero-order chi connectivity index (χ0) is 15.4. The summed E-state index contributed by atoms with van der Waals surface area (Å²) in [6.07, 6.45) is 1.16. The van der Waals surface area contributed by atoms with Crippen molar-refractivity contribution in [1.29, 1.82) is 0 Å². The van der Waals surface area contributed by atoms with Gasteiger partial charge in [0.2, 0.25) is 0 Å². The molecule has 0 aliphatic carbocycles. The van der Waals surface area contributed by atoms with E-state index in [0.717, 1.165) is 36.2 Å². The van der Waals surface area contributed by atoms with Crippen LogP contribution in [0.2, 0.25) is 0 Å². The zero-order valence-corrected chi connectivity index (χ0v) is 13.7. The first-order chi connectivity index (χ1) is 10.7. The number of thiophene rings is 1. The van der Waals surface area contributed by atoms with Crippen LogP contribution in [0, 0.1) is 0 Å². The van der Waals surface area contributed by atoms with Crippen LogP contribution in [0.4, 0.5) is 5.69 Å². The van der Waals surface area contributed by atoms with Gasteiger partial charge in [0, 0.05) is 23.5 Å². The number of hydrogen-bond acceptors (Lipinski definition) is 5. The number of nitrogens with one attached hydrogen (secondary N) is 2. The lowest BCUT2D eigenvalue weighted by molar-refractivity contribution is 0.250. The third-order valence-corrected chi connectivity index (χ3v) is 4.23. The molecule has 0 radical (unpaired) electrons. The highest BCUT2D eigenvalue weighted by atomic mass is 32.1. The molecule has 2 N–H and O–H groups in total. The summed E-state index contributed by atoms with van der Waals surface area (Å²) >= 11 is 1.72. The number of nitrogens with zero attached hydrogens (tertiary/aromatic N) is 1. The van der Waals surface area contributed by atoms with E-state index in [1.54, 1.807) is 11.3 Å². The molecule has 1 aliphatic rings. The molecule has 116 valence electrons. The monoisotopic (exact) mass is 315 g/mol. The van der Waals surface area contributed by atoms with Crippen LogP contribution in [-0.2, 0) is 6.42 Å². The standard InChI is InChI=1S/C17H21N3OS/c1-12(2)21-16-8-7-15(22-16)11-13-3-5-14(6-4-13)20-17-18-9-10-19-17/h3-8,12H,9-11H2,1-2H3,(H2,18,19,20). The van der Waals surface area contributed by atoms with Gasteiger partial charge in [-0.2, -0.15) is 0 Å². The lowest BCUT2D eigenvalue weighted by atomic mass is 10.1. The molecule has 5 heteroatoms. The van der Waals surface area contributed by atoms with Crippen LogP contribution < -0.4 is 15.4 Å². The molecule has 2 aromatic rings. The van der Waals surface area contributed by atoms with Gasteiger partial charge in [-0.25, -0.2) is 0 Å². The van der Waals surface area contributed by atoms with Crippen molar-refractivity contribution in [3.05, 3.63) is 46.8 Å². The van der Waals surface area contributed by atoms with Crippen LogP contribution in [0.3, 0.4) is 0 Å². The Kier molecular flexibility index (Phi) is 4.63. The van der Waals surface area contributed by atoms with E-state index in [4.69, 9.17) is 4.74 Å². The lowest BCUT2D eigenvalue weighted by Gasteiger charge is -2.07. The van der Waals surface area contributed by atoms with Crippen molar-refractivity contribution in [2.45, 2.75) is 26.4 Å². The summed E-state index contributed by atoms with van der Waals surface area (Å²) < 4.78 is 5.71. The third-order valence-electron chi connectivity index (χ3n) is 3.26. The largest absolute Gasteiger partial charge is 0.481 e. The molecule has 4 nitrogen and oxygen atoms in total. The minimum absolute atomic E-state index is 0.226. The van der Waals surface area contributed by atoms with Crippen molar-refractivity contribution < 1.29 is 4.74 Å². The van der Waals surface area contributed by atoms with Gasteiger partial charge in [0.15, 0.2) is 11.0 Å². The van der Waals surface area contributed by atoms with E-state index in [1.807, 2.05) is 0 Å². The van der Waals surface area contributed by atoms with E-state index in [0.29, 0.717) is 0 Å². The second-order valence-electron chi connectivity index (χ2n) is 5.54. The van der Waals surface area contributed by atoms with Crippen molar-refractivity contribution >= 4 is 23.0 Å². The van der Waals surface area contributed by atoms with Crippen LogP contribution in [0.5, 0.6) is 5.06 Å². The fourth-order valence-electron chi connectivity index (χ4n) is 2.27. The van der Waals surface area contributed by atoms with Crippen LogP contribution in [0.1, 0.15) is 24.3 Å². The summed E-state index contributed by atoms with van der Waals surface area (Å²) in [5.41, 5.74) is 2.36. The number of benzene rings is 1. The highest BCUT2D eigenvalue weighted by Gasteiger charge is 2.06. The lowest BCUT2D eigenvalue weighted by Crippen LogP contribution is -2.26. The normalized spacial score (nSPS) is 13.9. The Morgan fingerprint density at radius 2 is 2.05 bits per heavy atom. The topological polar surface area (TPSA) is 45.6 Å². The summed E-state index contributed by atoms with van der Waals surface area (Å²) in [5, 5.41) is 7.48. The molecule has 3 rings (SSSR count). The molecule has 0 fully saturated rings. The Balaban J connectivity index is 1.59. The van der Waals surface area contributed by atoms with Gasteiger partial charge in [0.25, 0.3) is 0 Å². The average Bonchev–Trinajstić information content (AvgIpc) is 3.13. The Hall–Kier alpha value is -2.01. The minimum Gasteiger partial charge on any atom is -0.481 e. The van der Waals surface area contributed by atoms with E-state index in [-0.39, 0.29) is 6.10 Å². The number of hydrogen-bond donors (Lipinski definition) is 2. The second-order valence-corrected chi connectivity index (χ2v) is 6.67. The van der Waals surface area contributed by atoms with Gasteiger partial charge in [-0.3, -0.25) is 4.99 Å². The second kappa shape index (κ2) is 6.83. The van der Waals surface area contributed by atoms with Gasteiger partial charge >= 0.3 is 0 Å². The Bertz CT molecular complexity index is 646. The number of anilines is 1. The molecule has 0 unspecified atom stereocenters. The molecule has 1 aromatic carbocycles. The van der Waals surface area contributed by atoms with E-state index < -0.39 is 0 Å². The first kappa shape index (κ1) is 14.9. The minimum atomic E-state index is 0.226. The van der Waals surface area contributed by atoms with Gasteiger partial charge in [-0.1, -0.05) is 12.1 Å². The summed E-state index contributed by atoms with van der Waals surface area (Å²) in [6, 6.07) is 12.7. The van der Waals surface area contributed by atoms with Gasteiger partial charge in [-0.15, -0.1) is 11.3 Å². The van der Waals surface area contributed by atoms with E-state index >= 15 is 0 Å². The first-order valence-corrected chi connectivity index (χ1v) is 8.40. The SMILES string of the molecule is CC(C)Oc1ccc(Cc2ccc(NC3=NCCN3)cc2)s1. The maximum atomic E-state index is 5.71. The highest BCUT2D eigenvalue weighted by Crippen LogP contribution is 2.27. The molecule has 0 saturated carbocycles. The van der Waals surface area contributed by atoms with Crippen molar-refractivity contribution in [2.75, 3.05) is 18.4 Å². The smallest absolute Gasteiger partial charge is 0.195 e. The molecule has 1 aliphatic heterocycles. The average molecular weight is 315 g/mol. The van der Waals surface area contributed by atoms with Crippen LogP contribution in [-0.4, -0.2) is 25.2 Å². The molecule has 0 amide bonds. The predicted molar refractivity (Wildman–Crippen MR) is 93.3 cm³/mol. The number of guanidine groups is 1. The third kappa shape index (κ3) is 4.01. The molecule has 1 aromatic heterocycles. The predicted octanol–water partition coefficient (Wildman–Crippen LogP) is 3.50. The Morgan fingerprint density at radius 3 is 2.73 bits per heavy atom. The Morgan fingerprint density at radius 1 is 1.23 bits per heavy atom. The van der Waals surface area contributed by atoms with Crippen molar-refractivity contribution in [3.63, 3.8) is 0 Å². The molecule has 22 heavy (non-hydrogen) atoms. The van der Waals surface area contributed by atoms with Crippen molar-refractivity contribution in [1.82, 2.24) is 5.32 Å². The molecule has 0 bridgehead atoms. The summed E-state index contributed by atoms with van der Waals surface area (Å²) in [7, 11) is 0. The van der Waals surface area contributed by atoms with Gasteiger partial charge in [0.05, 0.1) is 12.6 Å². The molecule has 0 atom stereocenters. The summed E-state index contributed by atoms with van der Waals surface area (Å²) in [6.45, 7) is 5.86. The van der Waals surface area contributed by atoms with E-state index in [2.05, 4.69) is 65.9 Å². The maximum absolute atomic E-state index is 5.71. The zero-order valence-electron chi connectivity index (χ0n) is 12.9. The van der Waals surface area contributed by atoms with E-state index in [9.17, 15) is 0 Å². The Labute approximate surface area is 135 Å². The van der Waals surface area contributed by atoms with Crippen LogP contribution >= 0.6 is 11.3 Å². The molecular formula is C17H21N3OS. The molecule has 2 heterocycles. The van der Waals surface area contributed by atoms with Gasteiger partial charge < -0.3 is 15.4 Å². The van der Waals surface area contributed by atoms with Gasteiger partial charge in [0.1, 0.15) is 0 Å². The summed E-state index contributed by atoms with van der Waals surface area (Å²) in [4.78, 5) is 5.65. The molecular weight excluding hydrogens is 294 g/mol. The van der Waals surface area contributed by atoms with E-state index in [1.165, 1.54) is 10.4 Å². The van der Waals surface area contributed by atoms with Crippen molar-refractivity contribution in [2.24, 2.45) is 4.99 Å². The summed E-state index contributed by atoms with van der Waals surface area (Å²) in [5.74, 6) is 0.862. The maximum Gasteiger partial charge on any atom is 0.195 e. The van der Waals surface area contributed by atoms with Crippen LogP contribution in [0.25, 0.3) is 0 Å². The fraction of sp³-hybridized carbons (Fsp3) is 0.353. The number of aliphatic imine (C=N–C) groups is 1. The number of rotatable bonds is 5. The quantitative estimate of drug-likeness (QED) is 0.888. The first-order valence-electron chi connectivity index (χ1n) is 7.59. The van der Waals surface area contributed by atoms with Crippen LogP contribution in [0.15, 0.2) is 41.4 Å².